The molecule has 16 heteroatoms. The van der Waals surface area contributed by atoms with Gasteiger partial charge in [-0.1, -0.05) is 0 Å². The number of amides is 1. The molecule has 1 amide bonds. The lowest BCUT2D eigenvalue weighted by atomic mass is 9.88. The predicted molar refractivity (Wildman–Crippen MR) is 98.6 cm³/mol. The van der Waals surface area contributed by atoms with Gasteiger partial charge < -0.3 is 65.9 Å². The molecule has 0 saturated carbocycles. The first kappa shape index (κ1) is 27.7. The molecule has 0 radical (unpaired) electrons. The zero-order chi connectivity index (χ0) is 25.3. The van der Waals surface area contributed by atoms with Crippen LogP contribution in [0.25, 0.3) is 0 Å². The Hall–Kier alpha value is -1.54. The highest BCUT2D eigenvalue weighted by Crippen LogP contribution is 2.39. The second-order valence-electron chi connectivity index (χ2n) is 7.88. The number of carboxylic acids is 1. The first-order valence-corrected chi connectivity index (χ1v) is 9.81. The van der Waals surface area contributed by atoms with Crippen molar-refractivity contribution in [3.63, 3.8) is 0 Å². The van der Waals surface area contributed by atoms with Crippen LogP contribution < -0.4 is 5.32 Å². The molecule has 33 heavy (non-hydrogen) atoms. The first-order valence-electron chi connectivity index (χ1n) is 9.81. The molecule has 16 nitrogen and oxygen atoms in total. The van der Waals surface area contributed by atoms with E-state index in [1.165, 1.54) is 0 Å². The Morgan fingerprint density at radius 1 is 1.12 bits per heavy atom. The number of ether oxygens (including phenoxy) is 3. The Morgan fingerprint density at radius 2 is 1.73 bits per heavy atom. The zero-order valence-electron chi connectivity index (χ0n) is 17.3. The molecule has 2 aliphatic rings. The minimum Gasteiger partial charge on any atom is -0.477 e. The molecule has 0 spiro atoms. The van der Waals surface area contributed by atoms with Crippen molar-refractivity contribution < 1.29 is 74.9 Å². The summed E-state index contributed by atoms with van der Waals surface area (Å²) >= 11 is 0. The van der Waals surface area contributed by atoms with Gasteiger partial charge >= 0.3 is 11.9 Å². The van der Waals surface area contributed by atoms with Crippen LogP contribution in [0.5, 0.6) is 0 Å². The Morgan fingerprint density at radius 3 is 2.21 bits per heavy atom. The molecular formula is C17H29NO15. The number of nitrogens with one attached hydrogen (secondary N) is 1. The molecule has 0 bridgehead atoms. The highest BCUT2D eigenvalue weighted by molar-refractivity contribution is 5.76. The summed E-state index contributed by atoms with van der Waals surface area (Å²) in [7, 11) is 0. The Labute approximate surface area is 186 Å². The van der Waals surface area contributed by atoms with Crippen LogP contribution in [0.4, 0.5) is 0 Å². The van der Waals surface area contributed by atoms with E-state index in [9.17, 15) is 55.5 Å². The maximum Gasteiger partial charge on any atom is 0.364 e. The number of carboxylic acid groups (broad SMARTS) is 1. The van der Waals surface area contributed by atoms with Crippen molar-refractivity contribution in [2.24, 2.45) is 0 Å². The maximum atomic E-state index is 12.1. The van der Waals surface area contributed by atoms with E-state index in [4.69, 9.17) is 19.3 Å². The van der Waals surface area contributed by atoms with Gasteiger partial charge in [-0.05, 0) is 0 Å². The van der Waals surface area contributed by atoms with Crippen LogP contribution in [0.2, 0.25) is 0 Å². The summed E-state index contributed by atoms with van der Waals surface area (Å²) in [6.45, 7) is -1.00. The van der Waals surface area contributed by atoms with E-state index in [1.54, 1.807) is 0 Å². The largest absolute Gasteiger partial charge is 0.477 e. The molecule has 0 unspecified atom stereocenters. The van der Waals surface area contributed by atoms with Gasteiger partial charge in [0, 0.05) is 13.3 Å². The molecule has 0 aromatic carbocycles. The van der Waals surface area contributed by atoms with Gasteiger partial charge in [-0.15, -0.1) is 0 Å². The fourth-order valence-electron chi connectivity index (χ4n) is 3.68. The molecule has 2 aliphatic heterocycles. The summed E-state index contributed by atoms with van der Waals surface area (Å²) in [5.41, 5.74) is 0. The topological polar surface area (TPSA) is 276 Å². The minimum atomic E-state index is -3.42. The molecule has 11 atom stereocenters. The average molecular weight is 487 g/mol. The van der Waals surface area contributed by atoms with Crippen LogP contribution in [0.15, 0.2) is 0 Å². The number of aliphatic hydroxyl groups excluding tert-OH is 8. The van der Waals surface area contributed by atoms with Crippen LogP contribution >= 0.6 is 0 Å². The van der Waals surface area contributed by atoms with Crippen molar-refractivity contribution in [2.75, 3.05) is 13.2 Å². The Bertz CT molecular complexity index is 708. The van der Waals surface area contributed by atoms with Gasteiger partial charge in [-0.25, -0.2) is 4.79 Å². The SMILES string of the molecule is CC(=O)N[C@H]1[C@H]([C@H](O)[C@H](O)CO)O[C@](O[C@]2(O)O[C@H](CO)[C@@H](O)[C@H](O)[C@H]2O)(C(=O)O)C[C@@H]1O. The van der Waals surface area contributed by atoms with Crippen LogP contribution in [0, 0.1) is 0 Å². The van der Waals surface area contributed by atoms with E-state index in [0.717, 1.165) is 6.92 Å². The van der Waals surface area contributed by atoms with E-state index in [0.29, 0.717) is 0 Å². The summed E-state index contributed by atoms with van der Waals surface area (Å²) in [5.74, 6) is -9.33. The third-order valence-corrected chi connectivity index (χ3v) is 5.43. The van der Waals surface area contributed by atoms with Gasteiger partial charge in [-0.3, -0.25) is 9.53 Å². The van der Waals surface area contributed by atoms with Gasteiger partial charge in [0.25, 0.3) is 5.79 Å². The molecular weight excluding hydrogens is 458 g/mol. The van der Waals surface area contributed by atoms with E-state index in [-0.39, 0.29) is 0 Å². The summed E-state index contributed by atoms with van der Waals surface area (Å²) < 4.78 is 15.1. The molecule has 11 N–H and O–H groups in total. The van der Waals surface area contributed by atoms with Crippen LogP contribution in [0.1, 0.15) is 13.3 Å². The van der Waals surface area contributed by atoms with Crippen LogP contribution in [-0.4, -0.2) is 143 Å². The normalized spacial score (nSPS) is 43.5. The van der Waals surface area contributed by atoms with E-state index < -0.39 is 98.1 Å². The molecule has 0 aliphatic carbocycles. The lowest BCUT2D eigenvalue weighted by Crippen LogP contribution is -2.73. The number of hydrogen-bond donors (Lipinski definition) is 11. The van der Waals surface area contributed by atoms with Crippen molar-refractivity contribution >= 4 is 11.9 Å². The standard InChI is InChI=1S/C17H29NO15/c1-5(21)18-9-6(22)2-16(15(28)29,32-13(9)10(24)7(23)3-19)33-17(30)14(27)12(26)11(25)8(4-20)31-17/h6-14,19-20,22-27,30H,2-4H2,1H3,(H,18,21)(H,28,29)/t6-,7+,8+,9+,10+,11+,12-,13+,14+,16+,17+/m0/s1. The third kappa shape index (κ3) is 5.42. The smallest absolute Gasteiger partial charge is 0.364 e. The molecule has 0 aromatic heterocycles. The maximum absolute atomic E-state index is 12.1. The lowest BCUT2D eigenvalue weighted by molar-refractivity contribution is -0.497. The summed E-state index contributed by atoms with van der Waals surface area (Å²) in [4.78, 5) is 23.6. The number of carbonyl (C=O) groups is 2. The van der Waals surface area contributed by atoms with E-state index in [2.05, 4.69) is 5.32 Å². The highest BCUT2D eigenvalue weighted by Gasteiger charge is 2.63. The number of hydrogen-bond acceptors (Lipinski definition) is 14. The van der Waals surface area contributed by atoms with Crippen LogP contribution in [-0.2, 0) is 23.8 Å². The molecule has 2 saturated heterocycles. The van der Waals surface area contributed by atoms with Crippen molar-refractivity contribution in [3.8, 4) is 0 Å². The Kier molecular flexibility index (Phi) is 8.72. The summed E-state index contributed by atoms with van der Waals surface area (Å²) in [5, 5.41) is 102. The first-order chi connectivity index (χ1) is 15.2. The van der Waals surface area contributed by atoms with Crippen molar-refractivity contribution in [2.45, 2.75) is 80.0 Å². The van der Waals surface area contributed by atoms with E-state index >= 15 is 0 Å². The fraction of sp³-hybridized carbons (Fsp3) is 0.882. The number of aliphatic carboxylic acids is 1. The number of aliphatic hydroxyl groups is 9. The van der Waals surface area contributed by atoms with Crippen molar-refractivity contribution in [3.05, 3.63) is 0 Å². The number of rotatable bonds is 8. The molecule has 192 valence electrons. The molecule has 2 rings (SSSR count). The molecule has 2 fully saturated rings. The quantitative estimate of drug-likeness (QED) is 0.142. The van der Waals surface area contributed by atoms with Gasteiger partial charge in [0.05, 0.1) is 25.4 Å². The van der Waals surface area contributed by atoms with E-state index in [1.807, 2.05) is 0 Å². The monoisotopic (exact) mass is 487 g/mol. The average Bonchev–Trinajstić information content (AvgIpc) is 2.75. The summed E-state index contributed by atoms with van der Waals surface area (Å²) in [6, 6.07) is -1.53. The zero-order valence-corrected chi connectivity index (χ0v) is 17.3. The number of carbonyl (C=O) groups excluding carboxylic acids is 1. The van der Waals surface area contributed by atoms with Gasteiger partial charge in [-0.2, -0.15) is 0 Å². The van der Waals surface area contributed by atoms with Crippen molar-refractivity contribution in [1.29, 1.82) is 0 Å². The second kappa shape index (κ2) is 10.4. The second-order valence-corrected chi connectivity index (χ2v) is 7.88. The fourth-order valence-corrected chi connectivity index (χ4v) is 3.68. The van der Waals surface area contributed by atoms with Crippen LogP contribution in [0.3, 0.4) is 0 Å². The summed E-state index contributed by atoms with van der Waals surface area (Å²) in [6.07, 6.45) is -17.3. The van der Waals surface area contributed by atoms with Gasteiger partial charge in [0.15, 0.2) is 6.10 Å². The minimum absolute atomic E-state index is 0.741. The molecule has 2 heterocycles. The predicted octanol–water partition coefficient (Wildman–Crippen LogP) is -6.73. The van der Waals surface area contributed by atoms with Crippen molar-refractivity contribution in [1.82, 2.24) is 5.32 Å². The Balaban J connectivity index is 2.47. The third-order valence-electron chi connectivity index (χ3n) is 5.43. The van der Waals surface area contributed by atoms with Gasteiger partial charge in [0.2, 0.25) is 5.91 Å². The highest BCUT2D eigenvalue weighted by atomic mass is 16.9. The lowest BCUT2D eigenvalue weighted by Gasteiger charge is -2.51. The molecule has 0 aromatic rings. The van der Waals surface area contributed by atoms with Gasteiger partial charge in [0.1, 0.15) is 36.6 Å².